The zero-order chi connectivity index (χ0) is 19.2. The molecule has 3 aromatic rings. The largest absolute Gasteiger partial charge is 0.492 e. The van der Waals surface area contributed by atoms with E-state index in [1.54, 1.807) is 18.2 Å². The highest BCUT2D eigenvalue weighted by Crippen LogP contribution is 2.30. The topological polar surface area (TPSA) is 81.9 Å². The number of amides is 1. The van der Waals surface area contributed by atoms with Crippen LogP contribution in [0.5, 0.6) is 5.75 Å². The van der Waals surface area contributed by atoms with Crippen molar-refractivity contribution in [1.29, 1.82) is 0 Å². The lowest BCUT2D eigenvalue weighted by Crippen LogP contribution is -2.15. The summed E-state index contributed by atoms with van der Waals surface area (Å²) in [4.78, 5) is 12.3. The number of aromatic nitrogens is 4. The van der Waals surface area contributed by atoms with E-state index < -0.39 is 0 Å². The van der Waals surface area contributed by atoms with Gasteiger partial charge in [0.05, 0.1) is 28.1 Å². The molecule has 0 fully saturated rings. The first-order valence-corrected chi connectivity index (χ1v) is 9.71. The SMILES string of the molecule is CCOc1ccccc1-n1nnnc1SCC(=O)Nc1cccc(Cl)c1Cl. The number of nitrogens with zero attached hydrogens (tertiary/aromatic N) is 4. The van der Waals surface area contributed by atoms with Gasteiger partial charge in [-0.2, -0.15) is 4.68 Å². The van der Waals surface area contributed by atoms with E-state index in [-0.39, 0.29) is 11.7 Å². The number of thioether (sulfide) groups is 1. The van der Waals surface area contributed by atoms with E-state index in [0.29, 0.717) is 38.9 Å². The summed E-state index contributed by atoms with van der Waals surface area (Å²) < 4.78 is 7.15. The summed E-state index contributed by atoms with van der Waals surface area (Å²) in [5.74, 6) is 0.501. The van der Waals surface area contributed by atoms with Gasteiger partial charge in [-0.1, -0.05) is 53.2 Å². The number of halogens is 2. The molecule has 0 aliphatic carbocycles. The quantitative estimate of drug-likeness (QED) is 0.576. The minimum absolute atomic E-state index is 0.0972. The number of para-hydroxylation sites is 2. The highest BCUT2D eigenvalue weighted by Gasteiger charge is 2.15. The number of carbonyl (C=O) groups excluding carboxylic acids is 1. The third kappa shape index (κ3) is 4.71. The van der Waals surface area contributed by atoms with Crippen LogP contribution in [-0.2, 0) is 4.79 Å². The number of benzene rings is 2. The second-order valence-corrected chi connectivity index (χ2v) is 6.94. The lowest BCUT2D eigenvalue weighted by atomic mass is 10.3. The van der Waals surface area contributed by atoms with Crippen molar-refractivity contribution in [3.63, 3.8) is 0 Å². The molecule has 0 aliphatic heterocycles. The van der Waals surface area contributed by atoms with Crippen molar-refractivity contribution >= 4 is 46.6 Å². The van der Waals surface area contributed by atoms with Gasteiger partial charge in [0.1, 0.15) is 11.4 Å². The smallest absolute Gasteiger partial charge is 0.234 e. The highest BCUT2D eigenvalue weighted by molar-refractivity contribution is 7.99. The van der Waals surface area contributed by atoms with Crippen molar-refractivity contribution < 1.29 is 9.53 Å². The van der Waals surface area contributed by atoms with Gasteiger partial charge in [-0.15, -0.1) is 5.10 Å². The fourth-order valence-electron chi connectivity index (χ4n) is 2.25. The van der Waals surface area contributed by atoms with Crippen LogP contribution < -0.4 is 10.1 Å². The predicted octanol–water partition coefficient (Wildman–Crippen LogP) is 4.10. The first kappa shape index (κ1) is 19.5. The standard InChI is InChI=1S/C17H15Cl2N5O2S/c1-2-26-14-9-4-3-8-13(14)24-17(21-22-23-24)27-10-15(25)20-12-7-5-6-11(18)16(12)19/h3-9H,2,10H2,1H3,(H,20,25). The molecule has 0 saturated carbocycles. The van der Waals surface area contributed by atoms with E-state index in [4.69, 9.17) is 27.9 Å². The molecule has 3 rings (SSSR count). The van der Waals surface area contributed by atoms with E-state index >= 15 is 0 Å². The third-order valence-corrected chi connectivity index (χ3v) is 5.13. The van der Waals surface area contributed by atoms with Crippen molar-refractivity contribution in [3.05, 3.63) is 52.5 Å². The van der Waals surface area contributed by atoms with Crippen molar-refractivity contribution in [2.75, 3.05) is 17.7 Å². The molecule has 0 saturated heterocycles. The summed E-state index contributed by atoms with van der Waals surface area (Å²) in [5.41, 5.74) is 1.15. The number of hydrogen-bond acceptors (Lipinski definition) is 6. The Morgan fingerprint density at radius 2 is 2.04 bits per heavy atom. The molecule has 1 N–H and O–H groups in total. The van der Waals surface area contributed by atoms with Crippen molar-refractivity contribution in [3.8, 4) is 11.4 Å². The average Bonchev–Trinajstić information content (AvgIpc) is 3.13. The monoisotopic (exact) mass is 423 g/mol. The first-order valence-electron chi connectivity index (χ1n) is 7.97. The number of anilines is 1. The van der Waals surface area contributed by atoms with Gasteiger partial charge in [0.15, 0.2) is 0 Å². The Labute approximate surface area is 170 Å². The van der Waals surface area contributed by atoms with Crippen LogP contribution in [0.25, 0.3) is 5.69 Å². The Bertz CT molecular complexity index is 951. The van der Waals surface area contributed by atoms with Gasteiger partial charge >= 0.3 is 0 Å². The van der Waals surface area contributed by atoms with Gasteiger partial charge in [-0.05, 0) is 41.6 Å². The number of carbonyl (C=O) groups is 1. The van der Waals surface area contributed by atoms with Crippen molar-refractivity contribution in [1.82, 2.24) is 20.2 Å². The lowest BCUT2D eigenvalue weighted by molar-refractivity contribution is -0.113. The van der Waals surface area contributed by atoms with Gasteiger partial charge in [-0.25, -0.2) is 0 Å². The zero-order valence-corrected chi connectivity index (χ0v) is 16.6. The molecule has 140 valence electrons. The number of tetrazole rings is 1. The molecule has 0 bridgehead atoms. The Kier molecular flexibility index (Phi) is 6.54. The Hall–Kier alpha value is -2.29. The van der Waals surface area contributed by atoms with Crippen LogP contribution in [0.15, 0.2) is 47.6 Å². The van der Waals surface area contributed by atoms with Crippen molar-refractivity contribution in [2.24, 2.45) is 0 Å². The summed E-state index contributed by atoms with van der Waals surface area (Å²) in [6.45, 7) is 2.42. The number of hydrogen-bond donors (Lipinski definition) is 1. The summed E-state index contributed by atoms with van der Waals surface area (Å²) in [5, 5.41) is 15.6. The summed E-state index contributed by atoms with van der Waals surface area (Å²) >= 11 is 13.2. The molecule has 27 heavy (non-hydrogen) atoms. The minimum Gasteiger partial charge on any atom is -0.492 e. The van der Waals surface area contributed by atoms with E-state index in [2.05, 4.69) is 20.8 Å². The molecule has 0 spiro atoms. The van der Waals surface area contributed by atoms with Crippen LogP contribution in [0.1, 0.15) is 6.92 Å². The molecule has 0 aliphatic rings. The summed E-state index contributed by atoms with van der Waals surface area (Å²) in [6, 6.07) is 12.5. The fraction of sp³-hybridized carbons (Fsp3) is 0.176. The molecule has 0 radical (unpaired) electrons. The Morgan fingerprint density at radius 1 is 1.22 bits per heavy atom. The Balaban J connectivity index is 1.70. The number of nitrogens with one attached hydrogen (secondary N) is 1. The second kappa shape index (κ2) is 9.07. The van der Waals surface area contributed by atoms with E-state index in [9.17, 15) is 4.79 Å². The summed E-state index contributed by atoms with van der Waals surface area (Å²) in [6.07, 6.45) is 0. The van der Waals surface area contributed by atoms with Crippen LogP contribution in [0, 0.1) is 0 Å². The molecule has 1 aromatic heterocycles. The number of rotatable bonds is 7. The predicted molar refractivity (Wildman–Crippen MR) is 106 cm³/mol. The minimum atomic E-state index is -0.253. The Morgan fingerprint density at radius 3 is 2.85 bits per heavy atom. The fourth-order valence-corrected chi connectivity index (χ4v) is 3.28. The highest BCUT2D eigenvalue weighted by atomic mass is 35.5. The molecule has 7 nitrogen and oxygen atoms in total. The van der Waals surface area contributed by atoms with Crippen LogP contribution >= 0.6 is 35.0 Å². The lowest BCUT2D eigenvalue weighted by Gasteiger charge is -2.11. The molecular formula is C17H15Cl2N5O2S. The van der Waals surface area contributed by atoms with E-state index in [0.717, 1.165) is 0 Å². The maximum Gasteiger partial charge on any atom is 0.234 e. The van der Waals surface area contributed by atoms with Crippen LogP contribution in [0.2, 0.25) is 10.0 Å². The zero-order valence-electron chi connectivity index (χ0n) is 14.2. The number of ether oxygens (including phenoxy) is 1. The first-order chi connectivity index (χ1) is 13.1. The van der Waals surface area contributed by atoms with Gasteiger partial charge in [0, 0.05) is 0 Å². The van der Waals surface area contributed by atoms with Gasteiger partial charge in [0.2, 0.25) is 11.1 Å². The molecule has 0 atom stereocenters. The van der Waals surface area contributed by atoms with E-state index in [1.807, 2.05) is 31.2 Å². The average molecular weight is 424 g/mol. The molecule has 10 heteroatoms. The van der Waals surface area contributed by atoms with Gasteiger partial charge in [0.25, 0.3) is 0 Å². The second-order valence-electron chi connectivity index (χ2n) is 5.21. The molecule has 2 aromatic carbocycles. The van der Waals surface area contributed by atoms with Crippen LogP contribution in [-0.4, -0.2) is 38.5 Å². The molecule has 0 unspecified atom stereocenters. The van der Waals surface area contributed by atoms with Gasteiger partial charge < -0.3 is 10.1 Å². The normalized spacial score (nSPS) is 10.6. The van der Waals surface area contributed by atoms with Crippen molar-refractivity contribution in [2.45, 2.75) is 12.1 Å². The van der Waals surface area contributed by atoms with Crippen LogP contribution in [0.3, 0.4) is 0 Å². The van der Waals surface area contributed by atoms with E-state index in [1.165, 1.54) is 16.4 Å². The maximum absolute atomic E-state index is 12.3. The summed E-state index contributed by atoms with van der Waals surface area (Å²) in [7, 11) is 0. The van der Waals surface area contributed by atoms with Crippen LogP contribution in [0.4, 0.5) is 5.69 Å². The third-order valence-electron chi connectivity index (χ3n) is 3.39. The maximum atomic E-state index is 12.3. The molecule has 1 amide bonds. The molecular weight excluding hydrogens is 409 g/mol. The van der Waals surface area contributed by atoms with Gasteiger partial charge in [-0.3, -0.25) is 4.79 Å². The molecule has 1 heterocycles.